The van der Waals surface area contributed by atoms with Gasteiger partial charge in [-0.25, -0.2) is 8.78 Å². The van der Waals surface area contributed by atoms with Crippen LogP contribution >= 0.6 is 0 Å². The van der Waals surface area contributed by atoms with Crippen LogP contribution in [-0.4, -0.2) is 30.6 Å². The molecular weight excluding hydrogens is 270 g/mol. The molecule has 1 aromatic rings. The highest BCUT2D eigenvalue weighted by atomic mass is 19.2. The van der Waals surface area contributed by atoms with Gasteiger partial charge in [-0.15, -0.1) is 0 Å². The molecule has 1 saturated carbocycles. The first-order valence-electron chi connectivity index (χ1n) is 7.72. The fourth-order valence-corrected chi connectivity index (χ4v) is 3.52. The molecule has 0 aromatic heterocycles. The van der Waals surface area contributed by atoms with Crippen molar-refractivity contribution in [2.45, 2.75) is 50.6 Å². The van der Waals surface area contributed by atoms with E-state index >= 15 is 0 Å². The largest absolute Gasteiger partial charge is 0.326 e. The molecule has 0 spiro atoms. The van der Waals surface area contributed by atoms with Gasteiger partial charge in [-0.2, -0.15) is 0 Å². The minimum Gasteiger partial charge on any atom is -0.326 e. The van der Waals surface area contributed by atoms with Crippen molar-refractivity contribution in [3.05, 3.63) is 35.4 Å². The summed E-state index contributed by atoms with van der Waals surface area (Å²) in [7, 11) is 4.14. The Balaban J connectivity index is 2.15. The Hall–Kier alpha value is -1.00. The van der Waals surface area contributed by atoms with Gasteiger partial charge in [0.25, 0.3) is 0 Å². The van der Waals surface area contributed by atoms with Crippen molar-refractivity contribution in [3.63, 3.8) is 0 Å². The van der Waals surface area contributed by atoms with Gasteiger partial charge in [-0.3, -0.25) is 0 Å². The Kier molecular flexibility index (Phi) is 4.99. The van der Waals surface area contributed by atoms with E-state index in [1.165, 1.54) is 25.0 Å². The third kappa shape index (κ3) is 3.43. The highest BCUT2D eigenvalue weighted by Crippen LogP contribution is 2.38. The summed E-state index contributed by atoms with van der Waals surface area (Å²) in [4.78, 5) is 2.23. The standard InChI is InChI=1S/C17H26F2N2/c1-12-6-8-17(9-7-12,21(2)3)16(20)11-13-4-5-14(18)15(19)10-13/h4-5,10,12,16H,6-9,11,20H2,1-3H3. The van der Waals surface area contributed by atoms with Crippen molar-refractivity contribution in [2.75, 3.05) is 14.1 Å². The molecule has 0 saturated heterocycles. The van der Waals surface area contributed by atoms with E-state index in [9.17, 15) is 8.78 Å². The van der Waals surface area contributed by atoms with Crippen LogP contribution in [-0.2, 0) is 6.42 Å². The van der Waals surface area contributed by atoms with Gasteiger partial charge in [-0.1, -0.05) is 13.0 Å². The van der Waals surface area contributed by atoms with Gasteiger partial charge in [0.05, 0.1) is 0 Å². The molecule has 0 bridgehead atoms. The highest BCUT2D eigenvalue weighted by Gasteiger charge is 2.41. The third-order valence-corrected chi connectivity index (χ3v) is 5.16. The minimum absolute atomic E-state index is 0.0443. The lowest BCUT2D eigenvalue weighted by atomic mass is 9.71. The number of nitrogens with two attached hydrogens (primary N) is 1. The van der Waals surface area contributed by atoms with Crippen LogP contribution in [0.25, 0.3) is 0 Å². The van der Waals surface area contributed by atoms with Crippen molar-refractivity contribution < 1.29 is 8.78 Å². The van der Waals surface area contributed by atoms with E-state index in [-0.39, 0.29) is 11.6 Å². The molecule has 0 heterocycles. The van der Waals surface area contributed by atoms with Crippen LogP contribution in [0.2, 0.25) is 0 Å². The van der Waals surface area contributed by atoms with Gasteiger partial charge >= 0.3 is 0 Å². The number of rotatable bonds is 4. The van der Waals surface area contributed by atoms with E-state index in [1.54, 1.807) is 6.07 Å². The number of halogens is 2. The lowest BCUT2D eigenvalue weighted by molar-refractivity contribution is 0.0568. The number of hydrogen-bond donors (Lipinski definition) is 1. The fraction of sp³-hybridized carbons (Fsp3) is 0.647. The zero-order valence-corrected chi connectivity index (χ0v) is 13.2. The van der Waals surface area contributed by atoms with Crippen LogP contribution in [0.15, 0.2) is 18.2 Å². The Morgan fingerprint density at radius 1 is 1.24 bits per heavy atom. The van der Waals surface area contributed by atoms with Crippen LogP contribution in [0.3, 0.4) is 0 Å². The normalized spacial score (nSPS) is 27.9. The zero-order valence-electron chi connectivity index (χ0n) is 13.2. The van der Waals surface area contributed by atoms with Crippen LogP contribution in [0, 0.1) is 17.6 Å². The predicted molar refractivity (Wildman–Crippen MR) is 82.1 cm³/mol. The van der Waals surface area contributed by atoms with Crippen molar-refractivity contribution >= 4 is 0 Å². The first kappa shape index (κ1) is 16.4. The molecule has 1 aliphatic carbocycles. The summed E-state index contributed by atoms with van der Waals surface area (Å²) < 4.78 is 26.4. The SMILES string of the molecule is CC1CCC(C(N)Cc2ccc(F)c(F)c2)(N(C)C)CC1. The molecule has 118 valence electrons. The molecule has 1 aliphatic rings. The highest BCUT2D eigenvalue weighted by molar-refractivity contribution is 5.20. The molecule has 21 heavy (non-hydrogen) atoms. The predicted octanol–water partition coefficient (Wildman–Crippen LogP) is 3.35. The fourth-order valence-electron chi connectivity index (χ4n) is 3.52. The Labute approximate surface area is 126 Å². The monoisotopic (exact) mass is 296 g/mol. The molecule has 4 heteroatoms. The summed E-state index contributed by atoms with van der Waals surface area (Å²) in [6, 6.07) is 4.00. The number of hydrogen-bond acceptors (Lipinski definition) is 2. The molecular formula is C17H26F2N2. The number of benzene rings is 1. The summed E-state index contributed by atoms with van der Waals surface area (Å²) in [5, 5.41) is 0. The molecule has 0 aliphatic heterocycles. The van der Waals surface area contributed by atoms with E-state index in [4.69, 9.17) is 5.73 Å². The van der Waals surface area contributed by atoms with Crippen LogP contribution in [0.5, 0.6) is 0 Å². The summed E-state index contributed by atoms with van der Waals surface area (Å²) in [6.45, 7) is 2.28. The van der Waals surface area contributed by atoms with E-state index in [0.29, 0.717) is 6.42 Å². The molecule has 1 atom stereocenters. The lowest BCUT2D eigenvalue weighted by Gasteiger charge is -2.48. The van der Waals surface area contributed by atoms with E-state index in [0.717, 1.165) is 24.3 Å². The van der Waals surface area contributed by atoms with Crippen molar-refractivity contribution in [1.29, 1.82) is 0 Å². The molecule has 1 unspecified atom stereocenters. The second-order valence-electron chi connectivity index (χ2n) is 6.74. The molecule has 0 radical (unpaired) electrons. The van der Waals surface area contributed by atoms with Crippen LogP contribution in [0.1, 0.15) is 38.2 Å². The quantitative estimate of drug-likeness (QED) is 0.923. The number of nitrogens with zero attached hydrogens (tertiary/aromatic N) is 1. The Morgan fingerprint density at radius 3 is 2.38 bits per heavy atom. The first-order valence-corrected chi connectivity index (χ1v) is 7.72. The molecule has 1 aromatic carbocycles. The van der Waals surface area contributed by atoms with E-state index < -0.39 is 11.6 Å². The Morgan fingerprint density at radius 2 is 1.86 bits per heavy atom. The average molecular weight is 296 g/mol. The summed E-state index contributed by atoms with van der Waals surface area (Å²) in [5.74, 6) is -0.856. The van der Waals surface area contributed by atoms with Crippen LogP contribution in [0.4, 0.5) is 8.78 Å². The minimum atomic E-state index is -0.805. The van der Waals surface area contributed by atoms with Crippen molar-refractivity contribution in [1.82, 2.24) is 4.90 Å². The summed E-state index contributed by atoms with van der Waals surface area (Å²) in [6.07, 6.45) is 5.04. The van der Waals surface area contributed by atoms with E-state index in [2.05, 4.69) is 25.9 Å². The van der Waals surface area contributed by atoms with Gasteiger partial charge < -0.3 is 10.6 Å². The van der Waals surface area contributed by atoms with Gasteiger partial charge in [0.2, 0.25) is 0 Å². The molecule has 1 fully saturated rings. The van der Waals surface area contributed by atoms with E-state index in [1.807, 2.05) is 0 Å². The maximum absolute atomic E-state index is 13.4. The van der Waals surface area contributed by atoms with Gasteiger partial charge in [0, 0.05) is 11.6 Å². The second-order valence-corrected chi connectivity index (χ2v) is 6.74. The maximum Gasteiger partial charge on any atom is 0.159 e. The van der Waals surface area contributed by atoms with Crippen molar-refractivity contribution in [3.8, 4) is 0 Å². The topological polar surface area (TPSA) is 29.3 Å². The Bertz CT molecular complexity index is 480. The lowest BCUT2D eigenvalue weighted by Crippen LogP contribution is -2.59. The first-order chi connectivity index (χ1) is 9.85. The van der Waals surface area contributed by atoms with Crippen molar-refractivity contribution in [2.24, 2.45) is 11.7 Å². The molecule has 0 amide bonds. The molecule has 2 N–H and O–H groups in total. The van der Waals surface area contributed by atoms with Gasteiger partial charge in [-0.05, 0) is 69.8 Å². The molecule has 2 rings (SSSR count). The number of likely N-dealkylation sites (N-methyl/N-ethyl adjacent to an activating group) is 1. The van der Waals surface area contributed by atoms with Gasteiger partial charge in [0.1, 0.15) is 0 Å². The van der Waals surface area contributed by atoms with Gasteiger partial charge in [0.15, 0.2) is 11.6 Å². The maximum atomic E-state index is 13.4. The molecule has 2 nitrogen and oxygen atoms in total. The van der Waals surface area contributed by atoms with Crippen LogP contribution < -0.4 is 5.73 Å². The zero-order chi connectivity index (χ0) is 15.6. The summed E-state index contributed by atoms with van der Waals surface area (Å²) in [5.41, 5.74) is 7.21. The second kappa shape index (κ2) is 6.41. The summed E-state index contributed by atoms with van der Waals surface area (Å²) >= 11 is 0. The average Bonchev–Trinajstić information content (AvgIpc) is 2.43. The smallest absolute Gasteiger partial charge is 0.159 e. The third-order valence-electron chi connectivity index (χ3n) is 5.16.